The first kappa shape index (κ1) is 16.5. The zero-order valence-electron chi connectivity index (χ0n) is 12.9. The van der Waals surface area contributed by atoms with Crippen molar-refractivity contribution in [3.8, 4) is 0 Å². The first-order chi connectivity index (χ1) is 10.2. The van der Waals surface area contributed by atoms with E-state index in [4.69, 9.17) is 0 Å². The molecule has 1 aromatic heterocycles. The minimum Gasteiger partial charge on any atom is -0.354 e. The SMILES string of the molecule is CNC(=O)c1cc(S(=O)(=O)Nc2c(C)cc(C)cc2C)cs1. The number of amides is 1. The Morgan fingerprint density at radius 1 is 1.09 bits per heavy atom. The smallest absolute Gasteiger partial charge is 0.262 e. The molecule has 0 atom stereocenters. The van der Waals surface area contributed by atoms with Crippen LogP contribution in [0.3, 0.4) is 0 Å². The molecule has 1 aromatic carbocycles. The number of hydrogen-bond donors (Lipinski definition) is 2. The quantitative estimate of drug-likeness (QED) is 0.900. The van der Waals surface area contributed by atoms with Crippen LogP contribution in [0.15, 0.2) is 28.5 Å². The van der Waals surface area contributed by atoms with E-state index in [1.165, 1.54) is 18.5 Å². The monoisotopic (exact) mass is 338 g/mol. The van der Waals surface area contributed by atoms with Gasteiger partial charge in [0.2, 0.25) is 0 Å². The molecule has 5 nitrogen and oxygen atoms in total. The topological polar surface area (TPSA) is 75.3 Å². The van der Waals surface area contributed by atoms with Gasteiger partial charge in [0, 0.05) is 12.4 Å². The molecule has 7 heteroatoms. The maximum Gasteiger partial charge on any atom is 0.262 e. The average Bonchev–Trinajstić information content (AvgIpc) is 2.92. The van der Waals surface area contributed by atoms with Gasteiger partial charge in [0.25, 0.3) is 15.9 Å². The van der Waals surface area contributed by atoms with Crippen molar-refractivity contribution in [1.82, 2.24) is 5.32 Å². The van der Waals surface area contributed by atoms with Gasteiger partial charge < -0.3 is 5.32 Å². The van der Waals surface area contributed by atoms with Gasteiger partial charge in [-0.25, -0.2) is 8.42 Å². The molecular weight excluding hydrogens is 320 g/mol. The molecule has 2 aromatic rings. The molecule has 0 radical (unpaired) electrons. The van der Waals surface area contributed by atoms with Gasteiger partial charge >= 0.3 is 0 Å². The average molecular weight is 338 g/mol. The normalized spacial score (nSPS) is 11.3. The van der Waals surface area contributed by atoms with Crippen molar-refractivity contribution in [1.29, 1.82) is 0 Å². The van der Waals surface area contributed by atoms with Gasteiger partial charge in [-0.15, -0.1) is 11.3 Å². The number of rotatable bonds is 4. The summed E-state index contributed by atoms with van der Waals surface area (Å²) in [4.78, 5) is 12.0. The largest absolute Gasteiger partial charge is 0.354 e. The second-order valence-electron chi connectivity index (χ2n) is 5.11. The van der Waals surface area contributed by atoms with Gasteiger partial charge in [-0.1, -0.05) is 17.7 Å². The minimum absolute atomic E-state index is 0.0930. The number of aryl methyl sites for hydroxylation is 3. The van der Waals surface area contributed by atoms with Gasteiger partial charge in [0.05, 0.1) is 15.5 Å². The van der Waals surface area contributed by atoms with Crippen LogP contribution in [0.1, 0.15) is 26.4 Å². The number of thiophene rings is 1. The molecule has 2 N–H and O–H groups in total. The van der Waals surface area contributed by atoms with Gasteiger partial charge in [0.1, 0.15) is 0 Å². The lowest BCUT2D eigenvalue weighted by molar-refractivity contribution is 0.0967. The van der Waals surface area contributed by atoms with Crippen LogP contribution in [0.25, 0.3) is 0 Å². The molecule has 0 bridgehead atoms. The summed E-state index contributed by atoms with van der Waals surface area (Å²) in [6.45, 7) is 5.69. The standard InChI is InChI=1S/C15H18N2O3S2/c1-9-5-10(2)14(11(3)6-9)17-22(19,20)12-7-13(21-8-12)15(18)16-4/h5-8,17H,1-4H3,(H,16,18). The second-order valence-corrected chi connectivity index (χ2v) is 7.70. The predicted molar refractivity (Wildman–Crippen MR) is 89.2 cm³/mol. The van der Waals surface area contributed by atoms with Crippen LogP contribution in [-0.2, 0) is 10.0 Å². The van der Waals surface area contributed by atoms with E-state index in [1.807, 2.05) is 32.9 Å². The molecule has 0 saturated carbocycles. The van der Waals surface area contributed by atoms with Crippen LogP contribution in [0.2, 0.25) is 0 Å². The molecule has 0 saturated heterocycles. The zero-order chi connectivity index (χ0) is 16.5. The molecule has 118 valence electrons. The first-order valence-electron chi connectivity index (χ1n) is 6.66. The Labute approximate surface area is 134 Å². The molecule has 2 rings (SSSR count). The summed E-state index contributed by atoms with van der Waals surface area (Å²) in [6.07, 6.45) is 0. The Morgan fingerprint density at radius 3 is 2.23 bits per heavy atom. The Bertz CT molecular complexity index is 800. The summed E-state index contributed by atoms with van der Waals surface area (Å²) in [5.74, 6) is -0.297. The predicted octanol–water partition coefficient (Wildman–Crippen LogP) is 2.83. The molecule has 0 aliphatic heterocycles. The van der Waals surface area contributed by atoms with Crippen molar-refractivity contribution in [2.24, 2.45) is 0 Å². The third-order valence-corrected chi connectivity index (χ3v) is 5.66. The molecule has 0 aliphatic rings. The minimum atomic E-state index is -3.71. The number of nitrogens with one attached hydrogen (secondary N) is 2. The Kier molecular flexibility index (Phi) is 4.58. The molecule has 0 aliphatic carbocycles. The first-order valence-corrected chi connectivity index (χ1v) is 9.02. The van der Waals surface area contributed by atoms with Gasteiger partial charge in [-0.05, 0) is 38.0 Å². The van der Waals surface area contributed by atoms with Crippen LogP contribution in [0.4, 0.5) is 5.69 Å². The van der Waals surface area contributed by atoms with E-state index in [0.29, 0.717) is 10.6 Å². The third kappa shape index (κ3) is 3.31. The van der Waals surface area contributed by atoms with Crippen LogP contribution < -0.4 is 10.0 Å². The summed E-state index contributed by atoms with van der Waals surface area (Å²) in [5.41, 5.74) is 3.39. The molecular formula is C15H18N2O3S2. The van der Waals surface area contributed by atoms with Crippen molar-refractivity contribution < 1.29 is 13.2 Å². The molecule has 1 heterocycles. The number of hydrogen-bond acceptors (Lipinski definition) is 4. The Morgan fingerprint density at radius 2 is 1.68 bits per heavy atom. The summed E-state index contributed by atoms with van der Waals surface area (Å²) in [6, 6.07) is 5.23. The highest BCUT2D eigenvalue weighted by molar-refractivity contribution is 7.92. The fraction of sp³-hybridized carbons (Fsp3) is 0.267. The van der Waals surface area contributed by atoms with Crippen molar-refractivity contribution >= 4 is 33.0 Å². The van der Waals surface area contributed by atoms with Crippen molar-refractivity contribution in [3.63, 3.8) is 0 Å². The van der Waals surface area contributed by atoms with Crippen molar-refractivity contribution in [2.75, 3.05) is 11.8 Å². The highest BCUT2D eigenvalue weighted by atomic mass is 32.2. The fourth-order valence-corrected chi connectivity index (χ4v) is 4.66. The van der Waals surface area contributed by atoms with Gasteiger partial charge in [-0.2, -0.15) is 0 Å². The summed E-state index contributed by atoms with van der Waals surface area (Å²) >= 11 is 1.10. The van der Waals surface area contributed by atoms with E-state index < -0.39 is 10.0 Å². The molecule has 0 fully saturated rings. The maximum atomic E-state index is 12.5. The lowest BCUT2D eigenvalue weighted by atomic mass is 10.1. The number of anilines is 1. The number of carbonyl (C=O) groups excluding carboxylic acids is 1. The van der Waals surface area contributed by atoms with E-state index in [-0.39, 0.29) is 10.8 Å². The molecule has 1 amide bonds. The van der Waals surface area contributed by atoms with Crippen LogP contribution >= 0.6 is 11.3 Å². The summed E-state index contributed by atoms with van der Waals surface area (Å²) < 4.78 is 27.6. The van der Waals surface area contributed by atoms with Crippen molar-refractivity contribution in [2.45, 2.75) is 25.7 Å². The number of benzene rings is 1. The molecule has 0 spiro atoms. The number of sulfonamides is 1. The Balaban J connectivity index is 2.36. The number of carbonyl (C=O) groups is 1. The lowest BCUT2D eigenvalue weighted by Gasteiger charge is -2.13. The van der Waals surface area contributed by atoms with Crippen LogP contribution in [0, 0.1) is 20.8 Å². The van der Waals surface area contributed by atoms with Crippen LogP contribution in [0.5, 0.6) is 0 Å². The van der Waals surface area contributed by atoms with E-state index in [1.54, 1.807) is 0 Å². The van der Waals surface area contributed by atoms with Crippen LogP contribution in [-0.4, -0.2) is 21.4 Å². The summed E-state index contributed by atoms with van der Waals surface area (Å²) in [7, 11) is -2.20. The summed E-state index contributed by atoms with van der Waals surface area (Å²) in [5, 5.41) is 3.94. The molecule has 0 unspecified atom stereocenters. The molecule has 22 heavy (non-hydrogen) atoms. The van der Waals surface area contributed by atoms with E-state index in [0.717, 1.165) is 28.0 Å². The van der Waals surface area contributed by atoms with E-state index in [2.05, 4.69) is 10.0 Å². The maximum absolute atomic E-state index is 12.5. The van der Waals surface area contributed by atoms with E-state index >= 15 is 0 Å². The Hall–Kier alpha value is -1.86. The second kappa shape index (κ2) is 6.10. The van der Waals surface area contributed by atoms with E-state index in [9.17, 15) is 13.2 Å². The third-order valence-electron chi connectivity index (χ3n) is 3.25. The fourth-order valence-electron chi connectivity index (χ4n) is 2.24. The van der Waals surface area contributed by atoms with Gasteiger partial charge in [0.15, 0.2) is 0 Å². The lowest BCUT2D eigenvalue weighted by Crippen LogP contribution is -2.17. The highest BCUT2D eigenvalue weighted by Gasteiger charge is 2.20. The van der Waals surface area contributed by atoms with Gasteiger partial charge in [-0.3, -0.25) is 9.52 Å². The zero-order valence-corrected chi connectivity index (χ0v) is 14.5. The highest BCUT2D eigenvalue weighted by Crippen LogP contribution is 2.27. The van der Waals surface area contributed by atoms with Crippen molar-refractivity contribution in [3.05, 3.63) is 45.1 Å².